The highest BCUT2D eigenvalue weighted by molar-refractivity contribution is 5.95. The van der Waals surface area contributed by atoms with E-state index in [0.29, 0.717) is 22.2 Å². The van der Waals surface area contributed by atoms with Crippen LogP contribution in [0, 0.1) is 12.7 Å². The van der Waals surface area contributed by atoms with Crippen LogP contribution in [0.2, 0.25) is 0 Å². The van der Waals surface area contributed by atoms with Gasteiger partial charge >= 0.3 is 5.69 Å². The molecular formula is C26H23FN6O4. The minimum atomic E-state index is -0.680. The van der Waals surface area contributed by atoms with Crippen LogP contribution < -0.4 is 11.2 Å². The lowest BCUT2D eigenvalue weighted by molar-refractivity contribution is 0.0529. The fraction of sp³-hybridized carbons (Fsp3) is 0.231. The molecule has 0 spiro atoms. The van der Waals surface area contributed by atoms with Gasteiger partial charge in [-0.2, -0.15) is 0 Å². The Kier molecular flexibility index (Phi) is 6.34. The third-order valence-corrected chi connectivity index (χ3v) is 6.36. The number of piperazine rings is 1. The van der Waals surface area contributed by atoms with Crippen LogP contribution in [0.3, 0.4) is 0 Å². The van der Waals surface area contributed by atoms with Gasteiger partial charge in [-0.15, -0.1) is 0 Å². The highest BCUT2D eigenvalue weighted by Crippen LogP contribution is 2.17. The Morgan fingerprint density at radius 3 is 2.35 bits per heavy atom. The average molecular weight is 503 g/mol. The molecule has 37 heavy (non-hydrogen) atoms. The molecule has 1 N–H and O–H groups in total. The SMILES string of the molecule is Cc1cnc(C(=O)N2CCN(C(=O)c3cc(Cn4c(=O)[nH]c(=O)c5ccccc54)ccc3F)CC2)cn1. The predicted octanol–water partition coefficient (Wildman–Crippen LogP) is 1.57. The molecule has 2 aromatic heterocycles. The van der Waals surface area contributed by atoms with Crippen LogP contribution in [0.4, 0.5) is 4.39 Å². The van der Waals surface area contributed by atoms with Crippen molar-refractivity contribution in [3.63, 3.8) is 0 Å². The van der Waals surface area contributed by atoms with Gasteiger partial charge < -0.3 is 9.80 Å². The summed E-state index contributed by atoms with van der Waals surface area (Å²) in [5.74, 6) is -1.45. The summed E-state index contributed by atoms with van der Waals surface area (Å²) in [7, 11) is 0. The second-order valence-electron chi connectivity index (χ2n) is 8.80. The standard InChI is InChI=1S/C26H23FN6O4/c1-16-13-29-21(14-28-16)25(36)32-10-8-31(9-11-32)24(35)19-12-17(6-7-20(19)27)15-33-22-5-3-2-4-18(22)23(34)30-26(33)37/h2-7,12-14H,8-11,15H2,1H3,(H,30,34,37). The van der Waals surface area contributed by atoms with E-state index < -0.39 is 23.0 Å². The fourth-order valence-electron chi connectivity index (χ4n) is 4.36. The third-order valence-electron chi connectivity index (χ3n) is 6.36. The van der Waals surface area contributed by atoms with Crippen molar-refractivity contribution in [1.82, 2.24) is 29.3 Å². The number of hydrogen-bond acceptors (Lipinski definition) is 6. The van der Waals surface area contributed by atoms with Gasteiger partial charge in [0.15, 0.2) is 0 Å². The minimum Gasteiger partial charge on any atom is -0.335 e. The molecule has 3 heterocycles. The number of para-hydroxylation sites is 1. The summed E-state index contributed by atoms with van der Waals surface area (Å²) in [6.45, 7) is 2.84. The van der Waals surface area contributed by atoms with Crippen molar-refractivity contribution in [2.24, 2.45) is 0 Å². The van der Waals surface area contributed by atoms with Crippen molar-refractivity contribution in [1.29, 1.82) is 0 Å². The molecule has 2 aromatic carbocycles. The van der Waals surface area contributed by atoms with Crippen LogP contribution >= 0.6 is 0 Å². The molecule has 4 aromatic rings. The van der Waals surface area contributed by atoms with E-state index in [4.69, 9.17) is 0 Å². The highest BCUT2D eigenvalue weighted by Gasteiger charge is 2.27. The van der Waals surface area contributed by atoms with Crippen LogP contribution in [0.25, 0.3) is 10.9 Å². The molecule has 1 aliphatic heterocycles. The molecule has 188 valence electrons. The lowest BCUT2D eigenvalue weighted by atomic mass is 10.1. The number of nitrogens with one attached hydrogen (secondary N) is 1. The number of carbonyl (C=O) groups is 2. The Labute approximate surface area is 210 Å². The summed E-state index contributed by atoms with van der Waals surface area (Å²) in [4.78, 5) is 64.1. The average Bonchev–Trinajstić information content (AvgIpc) is 2.91. The number of benzene rings is 2. The van der Waals surface area contributed by atoms with E-state index in [1.54, 1.807) is 36.1 Å². The first-order chi connectivity index (χ1) is 17.8. The number of amides is 2. The highest BCUT2D eigenvalue weighted by atomic mass is 19.1. The Morgan fingerprint density at radius 2 is 1.65 bits per heavy atom. The maximum Gasteiger partial charge on any atom is 0.329 e. The van der Waals surface area contributed by atoms with Crippen LogP contribution in [0.1, 0.15) is 32.1 Å². The van der Waals surface area contributed by atoms with Gasteiger partial charge in [0.05, 0.1) is 34.9 Å². The van der Waals surface area contributed by atoms with E-state index in [9.17, 15) is 23.6 Å². The van der Waals surface area contributed by atoms with E-state index in [1.165, 1.54) is 40.1 Å². The van der Waals surface area contributed by atoms with Gasteiger partial charge in [-0.3, -0.25) is 28.9 Å². The first-order valence-corrected chi connectivity index (χ1v) is 11.7. The number of fused-ring (bicyclic) bond motifs is 1. The summed E-state index contributed by atoms with van der Waals surface area (Å²) in [6, 6.07) is 10.8. The Bertz CT molecular complexity index is 1620. The van der Waals surface area contributed by atoms with E-state index >= 15 is 0 Å². The van der Waals surface area contributed by atoms with Crippen LogP contribution in [0.15, 0.2) is 64.4 Å². The first-order valence-electron chi connectivity index (χ1n) is 11.7. The zero-order valence-corrected chi connectivity index (χ0v) is 20.0. The fourth-order valence-corrected chi connectivity index (χ4v) is 4.36. The molecule has 1 aliphatic rings. The molecule has 1 fully saturated rings. The van der Waals surface area contributed by atoms with Crippen molar-refractivity contribution < 1.29 is 14.0 Å². The smallest absolute Gasteiger partial charge is 0.329 e. The molecule has 11 heteroatoms. The molecule has 5 rings (SSSR count). The van der Waals surface area contributed by atoms with Crippen molar-refractivity contribution in [2.75, 3.05) is 26.2 Å². The Morgan fingerprint density at radius 1 is 0.946 bits per heavy atom. The van der Waals surface area contributed by atoms with Gasteiger partial charge in [0.25, 0.3) is 17.4 Å². The minimum absolute atomic E-state index is 0.0382. The summed E-state index contributed by atoms with van der Waals surface area (Å²) in [5, 5.41) is 0.351. The molecule has 2 amide bonds. The second-order valence-corrected chi connectivity index (χ2v) is 8.80. The Balaban J connectivity index is 1.33. The first kappa shape index (κ1) is 24.0. The quantitative estimate of drug-likeness (QED) is 0.452. The number of H-pyrrole nitrogens is 1. The molecule has 0 unspecified atom stereocenters. The number of nitrogens with zero attached hydrogens (tertiary/aromatic N) is 5. The number of aromatic nitrogens is 4. The van der Waals surface area contributed by atoms with Crippen LogP contribution in [0.5, 0.6) is 0 Å². The second kappa shape index (κ2) is 9.76. The topological polar surface area (TPSA) is 121 Å². The lowest BCUT2D eigenvalue weighted by Crippen LogP contribution is -2.50. The third kappa shape index (κ3) is 4.75. The van der Waals surface area contributed by atoms with Crippen molar-refractivity contribution in [3.8, 4) is 0 Å². The van der Waals surface area contributed by atoms with E-state index in [-0.39, 0.29) is 49.9 Å². The van der Waals surface area contributed by atoms with Gasteiger partial charge in [0, 0.05) is 32.4 Å². The molecule has 10 nitrogen and oxygen atoms in total. The molecule has 0 bridgehead atoms. The molecule has 0 saturated carbocycles. The zero-order chi connectivity index (χ0) is 26.1. The summed E-state index contributed by atoms with van der Waals surface area (Å²) >= 11 is 0. The number of rotatable bonds is 4. The van der Waals surface area contributed by atoms with Crippen LogP contribution in [-0.2, 0) is 6.54 Å². The normalized spacial score (nSPS) is 13.7. The Hall–Kier alpha value is -4.67. The van der Waals surface area contributed by atoms with E-state index in [0.717, 1.165) is 0 Å². The molecule has 0 atom stereocenters. The molecule has 1 saturated heterocycles. The van der Waals surface area contributed by atoms with Crippen LogP contribution in [-0.4, -0.2) is 67.3 Å². The largest absolute Gasteiger partial charge is 0.335 e. The summed E-state index contributed by atoms with van der Waals surface area (Å²) in [6.07, 6.45) is 2.94. The molecule has 0 radical (unpaired) electrons. The predicted molar refractivity (Wildman–Crippen MR) is 133 cm³/mol. The van der Waals surface area contributed by atoms with Gasteiger partial charge in [0.2, 0.25) is 0 Å². The number of carbonyl (C=O) groups excluding carboxylic acids is 2. The zero-order valence-electron chi connectivity index (χ0n) is 20.0. The lowest BCUT2D eigenvalue weighted by Gasteiger charge is -2.34. The van der Waals surface area contributed by atoms with Crippen molar-refractivity contribution in [2.45, 2.75) is 13.5 Å². The molecule has 0 aliphatic carbocycles. The maximum atomic E-state index is 14.7. The van der Waals surface area contributed by atoms with Gasteiger partial charge in [-0.1, -0.05) is 18.2 Å². The number of hydrogen-bond donors (Lipinski definition) is 1. The molecular weight excluding hydrogens is 479 g/mol. The monoisotopic (exact) mass is 502 g/mol. The number of aromatic amines is 1. The van der Waals surface area contributed by atoms with Crippen molar-refractivity contribution >= 4 is 22.7 Å². The number of halogens is 1. The summed E-state index contributed by atoms with van der Waals surface area (Å²) < 4.78 is 16.1. The van der Waals surface area contributed by atoms with Gasteiger partial charge in [0.1, 0.15) is 11.5 Å². The number of aryl methyl sites for hydroxylation is 1. The van der Waals surface area contributed by atoms with E-state index in [2.05, 4.69) is 15.0 Å². The van der Waals surface area contributed by atoms with Gasteiger partial charge in [-0.25, -0.2) is 14.2 Å². The summed E-state index contributed by atoms with van der Waals surface area (Å²) in [5.41, 5.74) is 0.689. The maximum absolute atomic E-state index is 14.7. The van der Waals surface area contributed by atoms with Gasteiger partial charge in [-0.05, 0) is 36.8 Å². The van der Waals surface area contributed by atoms with E-state index in [1.807, 2.05) is 0 Å². The van der Waals surface area contributed by atoms with Crippen molar-refractivity contribution in [3.05, 3.63) is 104 Å².